The maximum absolute atomic E-state index is 14.0. The largest absolute Gasteiger partial charge is 0.573 e. The number of piperidine rings is 2. The van der Waals surface area contributed by atoms with Crippen LogP contribution in [0.2, 0.25) is 5.15 Å². The number of ether oxygens (including phenoxy) is 1. The molecule has 1 aromatic heterocycles. The number of thioether (sulfide) groups is 1. The Morgan fingerprint density at radius 3 is 2.12 bits per heavy atom. The summed E-state index contributed by atoms with van der Waals surface area (Å²) in [5, 5.41) is 0.634. The van der Waals surface area contributed by atoms with Crippen LogP contribution in [0.4, 0.5) is 32.2 Å². The minimum Gasteiger partial charge on any atom is -0.406 e. The van der Waals surface area contributed by atoms with Gasteiger partial charge in [-0.1, -0.05) is 23.7 Å². The van der Waals surface area contributed by atoms with Crippen LogP contribution in [0.15, 0.2) is 36.4 Å². The zero-order valence-electron chi connectivity index (χ0n) is 23.4. The van der Waals surface area contributed by atoms with Crippen molar-refractivity contribution in [2.45, 2.75) is 54.6 Å². The Morgan fingerprint density at radius 2 is 1.58 bits per heavy atom. The van der Waals surface area contributed by atoms with Gasteiger partial charge in [-0.15, -0.1) is 13.2 Å². The standard InChI is InChI=1S/C28H31ClF6N4O3S/c1-37(2)25(40)21-6-7-22(36-24(21)29)38-12-8-19(9-13-38)43-20-10-14-39(15-11-20)26(41)23(27(30,31)32)17-4-3-5-18(16-17)42-28(33,34)35/h3-7,16,19-20,23H,8-15H2,1-2H3. The second-order valence-corrected chi connectivity index (χ2v) is 12.6. The Bertz CT molecular complexity index is 1300. The molecule has 2 aliphatic heterocycles. The van der Waals surface area contributed by atoms with Gasteiger partial charge in [-0.25, -0.2) is 4.98 Å². The molecule has 2 amide bonds. The van der Waals surface area contributed by atoms with Gasteiger partial charge in [0.1, 0.15) is 16.7 Å². The average molecular weight is 653 g/mol. The molecule has 1 aromatic carbocycles. The smallest absolute Gasteiger partial charge is 0.406 e. The van der Waals surface area contributed by atoms with E-state index in [9.17, 15) is 35.9 Å². The van der Waals surface area contributed by atoms with Crippen molar-refractivity contribution < 1.29 is 40.7 Å². The van der Waals surface area contributed by atoms with E-state index in [1.165, 1.54) is 4.90 Å². The summed E-state index contributed by atoms with van der Waals surface area (Å²) in [5.41, 5.74) is -0.270. The van der Waals surface area contributed by atoms with Gasteiger partial charge in [0, 0.05) is 50.8 Å². The van der Waals surface area contributed by atoms with Crippen LogP contribution >= 0.6 is 23.4 Å². The molecular formula is C28H31ClF6N4O3S. The van der Waals surface area contributed by atoms with Gasteiger partial charge in [-0.3, -0.25) is 9.59 Å². The second kappa shape index (κ2) is 13.4. The number of nitrogens with zero attached hydrogens (tertiary/aromatic N) is 4. The minimum atomic E-state index is -5.07. The average Bonchev–Trinajstić information content (AvgIpc) is 2.92. The number of pyridine rings is 1. The number of likely N-dealkylation sites (tertiary alicyclic amines) is 1. The molecule has 2 aromatic rings. The van der Waals surface area contributed by atoms with E-state index in [1.807, 2.05) is 0 Å². The molecule has 0 radical (unpaired) electrons. The highest BCUT2D eigenvalue weighted by atomic mass is 35.5. The summed E-state index contributed by atoms with van der Waals surface area (Å²) in [6.07, 6.45) is -7.33. The molecule has 1 unspecified atom stereocenters. The number of carbonyl (C=O) groups is 2. The van der Waals surface area contributed by atoms with E-state index in [0.29, 0.717) is 35.5 Å². The van der Waals surface area contributed by atoms with E-state index in [2.05, 4.69) is 14.6 Å². The number of amides is 2. The quantitative estimate of drug-likeness (QED) is 0.256. The van der Waals surface area contributed by atoms with E-state index >= 15 is 0 Å². The molecule has 0 spiro atoms. The maximum atomic E-state index is 14.0. The molecule has 0 N–H and O–H groups in total. The Morgan fingerprint density at radius 1 is 0.977 bits per heavy atom. The van der Waals surface area contributed by atoms with Gasteiger partial charge in [0.15, 0.2) is 5.92 Å². The number of carbonyl (C=O) groups excluding carboxylic acids is 2. The topological polar surface area (TPSA) is 66.0 Å². The van der Waals surface area contributed by atoms with Crippen molar-refractivity contribution in [3.05, 3.63) is 52.7 Å². The first kappa shape index (κ1) is 33.0. The summed E-state index contributed by atoms with van der Waals surface area (Å²) in [6, 6.07) is 6.92. The summed E-state index contributed by atoms with van der Waals surface area (Å²) in [7, 11) is 3.27. The van der Waals surface area contributed by atoms with Crippen molar-refractivity contribution in [2.75, 3.05) is 45.2 Å². The fourth-order valence-electron chi connectivity index (χ4n) is 5.25. The number of alkyl halides is 6. The number of hydrogen-bond acceptors (Lipinski definition) is 6. The van der Waals surface area contributed by atoms with E-state index in [-0.39, 0.29) is 29.4 Å². The van der Waals surface area contributed by atoms with E-state index in [4.69, 9.17) is 11.6 Å². The summed E-state index contributed by atoms with van der Waals surface area (Å²) in [4.78, 5) is 34.3. The van der Waals surface area contributed by atoms with Crippen LogP contribution < -0.4 is 9.64 Å². The lowest BCUT2D eigenvalue weighted by Crippen LogP contribution is -2.45. The summed E-state index contributed by atoms with van der Waals surface area (Å²) in [6.45, 7) is 1.70. The van der Waals surface area contributed by atoms with Crippen LogP contribution in [-0.2, 0) is 4.79 Å². The van der Waals surface area contributed by atoms with E-state index in [1.54, 1.807) is 38.0 Å². The van der Waals surface area contributed by atoms with Gasteiger partial charge in [0.05, 0.1) is 5.56 Å². The lowest BCUT2D eigenvalue weighted by Gasteiger charge is -2.38. The molecule has 236 valence electrons. The van der Waals surface area contributed by atoms with Crippen LogP contribution in [0.25, 0.3) is 0 Å². The second-order valence-electron chi connectivity index (χ2n) is 10.6. The molecule has 43 heavy (non-hydrogen) atoms. The fraction of sp³-hybridized carbons (Fsp3) is 0.536. The monoisotopic (exact) mass is 652 g/mol. The molecule has 0 saturated carbocycles. The molecule has 0 bridgehead atoms. The van der Waals surface area contributed by atoms with E-state index < -0.39 is 35.7 Å². The number of halogens is 7. The molecule has 3 heterocycles. The Balaban J connectivity index is 1.30. The predicted octanol–water partition coefficient (Wildman–Crippen LogP) is 6.37. The highest BCUT2D eigenvalue weighted by Gasteiger charge is 2.48. The van der Waals surface area contributed by atoms with Crippen molar-refractivity contribution in [3.63, 3.8) is 0 Å². The summed E-state index contributed by atoms with van der Waals surface area (Å²) in [5.74, 6) is -4.13. The van der Waals surface area contributed by atoms with Crippen LogP contribution in [-0.4, -0.2) is 89.9 Å². The first-order valence-corrected chi connectivity index (χ1v) is 14.9. The predicted molar refractivity (Wildman–Crippen MR) is 152 cm³/mol. The van der Waals surface area contributed by atoms with Crippen molar-refractivity contribution >= 4 is 41.0 Å². The number of benzene rings is 1. The zero-order valence-corrected chi connectivity index (χ0v) is 25.0. The molecule has 4 rings (SSSR count). The number of rotatable bonds is 7. The highest BCUT2D eigenvalue weighted by Crippen LogP contribution is 2.40. The van der Waals surface area contributed by atoms with Crippen molar-refractivity contribution in [1.82, 2.24) is 14.8 Å². The number of aromatic nitrogens is 1. The van der Waals surface area contributed by atoms with Gasteiger partial charge in [-0.2, -0.15) is 24.9 Å². The third-order valence-electron chi connectivity index (χ3n) is 7.37. The summed E-state index contributed by atoms with van der Waals surface area (Å²) < 4.78 is 83.5. The molecule has 15 heteroatoms. The third kappa shape index (κ3) is 8.62. The number of anilines is 1. The van der Waals surface area contributed by atoms with Gasteiger partial charge < -0.3 is 19.4 Å². The lowest BCUT2D eigenvalue weighted by atomic mass is 9.95. The van der Waals surface area contributed by atoms with Gasteiger partial charge in [-0.05, 0) is 55.5 Å². The van der Waals surface area contributed by atoms with Crippen LogP contribution in [0.3, 0.4) is 0 Å². The molecular weight excluding hydrogens is 622 g/mol. The molecule has 1 atom stereocenters. The number of hydrogen-bond donors (Lipinski definition) is 0. The Hall–Kier alpha value is -2.87. The third-order valence-corrected chi connectivity index (χ3v) is 9.38. The molecule has 2 aliphatic rings. The molecule has 2 fully saturated rings. The van der Waals surface area contributed by atoms with Crippen molar-refractivity contribution in [3.8, 4) is 5.75 Å². The van der Waals surface area contributed by atoms with Crippen molar-refractivity contribution in [1.29, 1.82) is 0 Å². The normalized spacial score (nSPS) is 18.0. The molecule has 0 aliphatic carbocycles. The first-order valence-electron chi connectivity index (χ1n) is 13.6. The Kier molecular flexibility index (Phi) is 10.3. The highest BCUT2D eigenvalue weighted by molar-refractivity contribution is 8.00. The fourth-order valence-corrected chi connectivity index (χ4v) is 6.99. The van der Waals surface area contributed by atoms with Crippen LogP contribution in [0.5, 0.6) is 5.75 Å². The SMILES string of the molecule is CN(C)C(=O)c1ccc(N2CCC(SC3CCN(C(=O)C(c4cccc(OC(F)(F)F)c4)C(F)(F)F)CC3)CC2)nc1Cl. The van der Waals surface area contributed by atoms with Gasteiger partial charge >= 0.3 is 12.5 Å². The summed E-state index contributed by atoms with van der Waals surface area (Å²) >= 11 is 8.04. The Labute approximate surface area is 254 Å². The van der Waals surface area contributed by atoms with Crippen molar-refractivity contribution in [2.24, 2.45) is 0 Å². The molecule has 2 saturated heterocycles. The van der Waals surface area contributed by atoms with Crippen LogP contribution in [0, 0.1) is 0 Å². The van der Waals surface area contributed by atoms with E-state index in [0.717, 1.165) is 49.0 Å². The maximum Gasteiger partial charge on any atom is 0.573 e. The lowest BCUT2D eigenvalue weighted by molar-refractivity contribution is -0.274. The molecule has 7 nitrogen and oxygen atoms in total. The minimum absolute atomic E-state index is 0.126. The van der Waals surface area contributed by atoms with Crippen LogP contribution in [0.1, 0.15) is 47.5 Å². The zero-order chi connectivity index (χ0) is 31.5. The first-order chi connectivity index (χ1) is 20.1. The van der Waals surface area contributed by atoms with Gasteiger partial charge in [0.2, 0.25) is 5.91 Å². The van der Waals surface area contributed by atoms with Gasteiger partial charge in [0.25, 0.3) is 5.91 Å².